The van der Waals surface area contributed by atoms with Crippen molar-refractivity contribution < 1.29 is 14.0 Å². The fraction of sp³-hybridized carbons (Fsp3) is 0.364. The SMILES string of the molecule is C[C@H](Cc1ccccc1Cl)NC(=O)C1CCN(C(=O)c2ccc(F)cc2)CC1. The van der Waals surface area contributed by atoms with Gasteiger partial charge in [-0.15, -0.1) is 0 Å². The third-order valence-corrected chi connectivity index (χ3v) is 5.49. The van der Waals surface area contributed by atoms with Crippen LogP contribution in [0.25, 0.3) is 0 Å². The maximum Gasteiger partial charge on any atom is 0.253 e. The van der Waals surface area contributed by atoms with E-state index in [0.717, 1.165) is 5.56 Å². The summed E-state index contributed by atoms with van der Waals surface area (Å²) in [5, 5.41) is 3.77. The summed E-state index contributed by atoms with van der Waals surface area (Å²) in [5.41, 5.74) is 1.48. The number of piperidine rings is 1. The van der Waals surface area contributed by atoms with E-state index < -0.39 is 0 Å². The maximum atomic E-state index is 13.0. The molecule has 1 aliphatic rings. The van der Waals surface area contributed by atoms with Gasteiger partial charge in [0.15, 0.2) is 0 Å². The highest BCUT2D eigenvalue weighted by atomic mass is 35.5. The highest BCUT2D eigenvalue weighted by molar-refractivity contribution is 6.31. The van der Waals surface area contributed by atoms with Crippen molar-refractivity contribution >= 4 is 23.4 Å². The molecule has 28 heavy (non-hydrogen) atoms. The van der Waals surface area contributed by atoms with Gasteiger partial charge in [0.1, 0.15) is 5.82 Å². The smallest absolute Gasteiger partial charge is 0.253 e. The third-order valence-electron chi connectivity index (χ3n) is 5.12. The normalized spacial score (nSPS) is 15.9. The maximum absolute atomic E-state index is 13.0. The molecule has 1 heterocycles. The van der Waals surface area contributed by atoms with Gasteiger partial charge in [-0.05, 0) is 62.1 Å². The predicted octanol–water partition coefficient (Wildman–Crippen LogP) is 4.08. The summed E-state index contributed by atoms with van der Waals surface area (Å²) in [6.07, 6.45) is 1.92. The molecule has 2 amide bonds. The first-order valence-electron chi connectivity index (χ1n) is 9.52. The molecule has 2 aromatic carbocycles. The molecule has 0 spiro atoms. The number of nitrogens with zero attached hydrogens (tertiary/aromatic N) is 1. The molecule has 0 unspecified atom stereocenters. The van der Waals surface area contributed by atoms with Gasteiger partial charge in [-0.25, -0.2) is 4.39 Å². The summed E-state index contributed by atoms with van der Waals surface area (Å²) in [7, 11) is 0. The van der Waals surface area contributed by atoms with Gasteiger partial charge in [0.05, 0.1) is 0 Å². The molecule has 0 aliphatic carbocycles. The zero-order valence-corrected chi connectivity index (χ0v) is 16.6. The van der Waals surface area contributed by atoms with Crippen molar-refractivity contribution in [3.63, 3.8) is 0 Å². The Hall–Kier alpha value is -2.40. The van der Waals surface area contributed by atoms with Crippen LogP contribution >= 0.6 is 11.6 Å². The number of amides is 2. The van der Waals surface area contributed by atoms with E-state index in [1.165, 1.54) is 24.3 Å². The van der Waals surface area contributed by atoms with Crippen LogP contribution in [0, 0.1) is 11.7 Å². The summed E-state index contributed by atoms with van der Waals surface area (Å²) in [5.74, 6) is -0.566. The van der Waals surface area contributed by atoms with E-state index in [9.17, 15) is 14.0 Å². The van der Waals surface area contributed by atoms with Crippen molar-refractivity contribution in [3.05, 3.63) is 70.5 Å². The molecule has 1 aliphatic heterocycles. The first-order chi connectivity index (χ1) is 13.4. The number of carbonyl (C=O) groups is 2. The quantitative estimate of drug-likeness (QED) is 0.819. The molecule has 4 nitrogen and oxygen atoms in total. The van der Waals surface area contributed by atoms with Crippen LogP contribution < -0.4 is 5.32 Å². The third kappa shape index (κ3) is 5.10. The van der Waals surface area contributed by atoms with Crippen LogP contribution in [0.3, 0.4) is 0 Å². The Balaban J connectivity index is 1.49. The first-order valence-corrected chi connectivity index (χ1v) is 9.90. The van der Waals surface area contributed by atoms with Crippen LogP contribution in [0.2, 0.25) is 5.02 Å². The van der Waals surface area contributed by atoms with Crippen molar-refractivity contribution in [2.24, 2.45) is 5.92 Å². The fourth-order valence-corrected chi connectivity index (χ4v) is 3.74. The number of likely N-dealkylation sites (tertiary alicyclic amines) is 1. The Morgan fingerprint density at radius 1 is 1.14 bits per heavy atom. The van der Waals surface area contributed by atoms with E-state index >= 15 is 0 Å². The lowest BCUT2D eigenvalue weighted by molar-refractivity contribution is -0.126. The topological polar surface area (TPSA) is 49.4 Å². The molecule has 0 saturated carbocycles. The lowest BCUT2D eigenvalue weighted by atomic mass is 9.94. The molecule has 1 N–H and O–H groups in total. The minimum absolute atomic E-state index is 0.0217. The fourth-order valence-electron chi connectivity index (χ4n) is 3.53. The number of hydrogen-bond donors (Lipinski definition) is 1. The molecule has 0 aromatic heterocycles. The van der Waals surface area contributed by atoms with Gasteiger partial charge < -0.3 is 10.2 Å². The number of halogens is 2. The van der Waals surface area contributed by atoms with Gasteiger partial charge in [-0.3, -0.25) is 9.59 Å². The predicted molar refractivity (Wildman–Crippen MR) is 108 cm³/mol. The molecule has 6 heteroatoms. The lowest BCUT2D eigenvalue weighted by Crippen LogP contribution is -2.45. The summed E-state index contributed by atoms with van der Waals surface area (Å²) in [6.45, 7) is 3.01. The van der Waals surface area contributed by atoms with Crippen molar-refractivity contribution in [1.82, 2.24) is 10.2 Å². The van der Waals surface area contributed by atoms with E-state index in [2.05, 4.69) is 5.32 Å². The average Bonchev–Trinajstić information content (AvgIpc) is 2.70. The van der Waals surface area contributed by atoms with Crippen molar-refractivity contribution in [1.29, 1.82) is 0 Å². The Bertz CT molecular complexity index is 833. The number of rotatable bonds is 5. The molecular weight excluding hydrogens is 379 g/mol. The number of benzene rings is 2. The van der Waals surface area contributed by atoms with E-state index in [0.29, 0.717) is 42.9 Å². The first kappa shape index (κ1) is 20.3. The molecule has 0 radical (unpaired) electrons. The molecule has 2 aromatic rings. The molecule has 1 fully saturated rings. The Labute approximate surface area is 169 Å². The highest BCUT2D eigenvalue weighted by Crippen LogP contribution is 2.21. The van der Waals surface area contributed by atoms with Crippen LogP contribution in [0.15, 0.2) is 48.5 Å². The zero-order valence-electron chi connectivity index (χ0n) is 15.8. The van der Waals surface area contributed by atoms with Crippen molar-refractivity contribution in [3.8, 4) is 0 Å². The van der Waals surface area contributed by atoms with Gasteiger partial charge in [-0.2, -0.15) is 0 Å². The van der Waals surface area contributed by atoms with Gasteiger partial charge in [-0.1, -0.05) is 29.8 Å². The van der Waals surface area contributed by atoms with Crippen molar-refractivity contribution in [2.75, 3.05) is 13.1 Å². The van der Waals surface area contributed by atoms with E-state index in [4.69, 9.17) is 11.6 Å². The summed E-state index contributed by atoms with van der Waals surface area (Å²) < 4.78 is 13.0. The Morgan fingerprint density at radius 2 is 1.79 bits per heavy atom. The highest BCUT2D eigenvalue weighted by Gasteiger charge is 2.28. The Morgan fingerprint density at radius 3 is 2.43 bits per heavy atom. The van der Waals surface area contributed by atoms with Crippen LogP contribution in [0.4, 0.5) is 4.39 Å². The lowest BCUT2D eigenvalue weighted by Gasteiger charge is -2.32. The second kappa shape index (κ2) is 9.20. The largest absolute Gasteiger partial charge is 0.353 e. The molecule has 0 bridgehead atoms. The molecule has 1 saturated heterocycles. The zero-order chi connectivity index (χ0) is 20.1. The van der Waals surface area contributed by atoms with E-state index in [1.54, 1.807) is 4.90 Å². The summed E-state index contributed by atoms with van der Waals surface area (Å²) in [6, 6.07) is 13.2. The summed E-state index contributed by atoms with van der Waals surface area (Å²) in [4.78, 5) is 26.8. The van der Waals surface area contributed by atoms with Crippen LogP contribution in [-0.2, 0) is 11.2 Å². The average molecular weight is 403 g/mol. The number of nitrogens with one attached hydrogen (secondary N) is 1. The number of hydrogen-bond acceptors (Lipinski definition) is 2. The second-order valence-corrected chi connectivity index (χ2v) is 7.69. The molecule has 3 rings (SSSR count). The van der Waals surface area contributed by atoms with E-state index in [-0.39, 0.29) is 29.6 Å². The monoisotopic (exact) mass is 402 g/mol. The van der Waals surface area contributed by atoms with E-state index in [1.807, 2.05) is 31.2 Å². The van der Waals surface area contributed by atoms with Gasteiger partial charge in [0.2, 0.25) is 5.91 Å². The minimum atomic E-state index is -0.363. The summed E-state index contributed by atoms with van der Waals surface area (Å²) >= 11 is 6.19. The van der Waals surface area contributed by atoms with Gasteiger partial charge in [0.25, 0.3) is 5.91 Å². The van der Waals surface area contributed by atoms with Crippen LogP contribution in [0.5, 0.6) is 0 Å². The Kier molecular flexibility index (Phi) is 6.68. The molecular formula is C22H24ClFN2O2. The minimum Gasteiger partial charge on any atom is -0.353 e. The standard InChI is InChI=1S/C22H24ClFN2O2/c1-15(14-18-4-2-3-5-20(18)23)25-21(27)16-10-12-26(13-11-16)22(28)17-6-8-19(24)9-7-17/h2-9,15-16H,10-14H2,1H3,(H,25,27)/t15-/m1/s1. The molecule has 1 atom stereocenters. The number of carbonyl (C=O) groups excluding carboxylic acids is 2. The molecule has 148 valence electrons. The van der Waals surface area contributed by atoms with Gasteiger partial charge in [0, 0.05) is 35.6 Å². The van der Waals surface area contributed by atoms with Crippen LogP contribution in [-0.4, -0.2) is 35.8 Å². The van der Waals surface area contributed by atoms with Crippen molar-refractivity contribution in [2.45, 2.75) is 32.2 Å². The second-order valence-electron chi connectivity index (χ2n) is 7.28. The van der Waals surface area contributed by atoms with Gasteiger partial charge >= 0.3 is 0 Å². The van der Waals surface area contributed by atoms with Crippen LogP contribution in [0.1, 0.15) is 35.7 Å².